The van der Waals surface area contributed by atoms with Crippen molar-refractivity contribution in [1.82, 2.24) is 15.0 Å². The van der Waals surface area contributed by atoms with Crippen LogP contribution in [-0.2, 0) is 5.41 Å². The van der Waals surface area contributed by atoms with E-state index in [2.05, 4.69) is 15.5 Å². The van der Waals surface area contributed by atoms with Crippen molar-refractivity contribution in [1.29, 1.82) is 0 Å². The van der Waals surface area contributed by atoms with Crippen LogP contribution < -0.4 is 16.7 Å². The van der Waals surface area contributed by atoms with Gasteiger partial charge in [0.15, 0.2) is 0 Å². The number of amides is 1. The topological polar surface area (TPSA) is 137 Å². The number of aromatic hydroxyl groups is 2. The van der Waals surface area contributed by atoms with Gasteiger partial charge in [-0.3, -0.25) is 14.6 Å². The van der Waals surface area contributed by atoms with Crippen LogP contribution in [0.5, 0.6) is 11.6 Å². The summed E-state index contributed by atoms with van der Waals surface area (Å²) >= 11 is 0. The molecule has 1 aromatic heterocycles. The molecule has 2 aromatic carbocycles. The third-order valence-corrected chi connectivity index (χ3v) is 8.41. The number of hydrogen-bond donors (Lipinski definition) is 4. The highest BCUT2D eigenvalue weighted by atomic mass is 16.3. The van der Waals surface area contributed by atoms with Gasteiger partial charge in [-0.25, -0.2) is 14.8 Å². The smallest absolute Gasteiger partial charge is 0.335 e. The van der Waals surface area contributed by atoms with Crippen molar-refractivity contribution in [2.45, 2.75) is 43.9 Å². The number of nitrogens with one attached hydrogen (secondary N) is 2. The molecule has 4 fully saturated rings. The number of phenols is 1. The van der Waals surface area contributed by atoms with Crippen molar-refractivity contribution in [2.24, 2.45) is 22.9 Å². The fourth-order valence-corrected chi connectivity index (χ4v) is 7.20. The minimum atomic E-state index is -0.843. The van der Waals surface area contributed by atoms with Gasteiger partial charge in [0, 0.05) is 0 Å². The Hall–Kier alpha value is -4.14. The summed E-state index contributed by atoms with van der Waals surface area (Å²) in [6.07, 6.45) is 8.69. The van der Waals surface area contributed by atoms with Gasteiger partial charge in [-0.1, -0.05) is 24.3 Å². The van der Waals surface area contributed by atoms with Gasteiger partial charge in [-0.2, -0.15) is 5.10 Å². The van der Waals surface area contributed by atoms with Crippen LogP contribution in [0.25, 0.3) is 5.69 Å². The van der Waals surface area contributed by atoms with Gasteiger partial charge in [0.1, 0.15) is 11.3 Å². The summed E-state index contributed by atoms with van der Waals surface area (Å²) in [4.78, 5) is 39.5. The van der Waals surface area contributed by atoms with E-state index >= 15 is 0 Å². The van der Waals surface area contributed by atoms with Crippen LogP contribution in [0.1, 0.15) is 60.0 Å². The van der Waals surface area contributed by atoms with Crippen LogP contribution >= 0.6 is 0 Å². The van der Waals surface area contributed by atoms with Crippen LogP contribution in [-0.4, -0.2) is 31.9 Å². The maximum Gasteiger partial charge on any atom is 0.335 e. The van der Waals surface area contributed by atoms with Gasteiger partial charge in [0.25, 0.3) is 11.5 Å². The minimum absolute atomic E-state index is 0.00173. The summed E-state index contributed by atoms with van der Waals surface area (Å²) in [5, 5.41) is 24.4. The van der Waals surface area contributed by atoms with Crippen LogP contribution in [0.15, 0.2) is 63.2 Å². The second kappa shape index (κ2) is 8.76. The predicted octanol–water partition coefficient (Wildman–Crippen LogP) is 3.17. The molecule has 1 heterocycles. The SMILES string of the molecule is O=C(NN=Cc1c(O)n(-c2ccc(C34CC5CC(CC(C5)C3)C4)cc2)c(=O)[nH]c1=O)c1ccccc1O. The zero-order chi connectivity index (χ0) is 25.7. The molecule has 0 saturated heterocycles. The standard InChI is InChI=1S/C28H28N4O5/c33-23-4-2-1-3-21(23)25(35)31-29-15-22-24(34)30-27(37)32(26(22)36)20-7-5-19(6-8-20)28-12-16-9-17(13-28)11-18(10-16)14-28/h1-8,15-18,33,36H,9-14H2,(H,31,35)(H,30,34,37). The van der Waals surface area contributed by atoms with Crippen molar-refractivity contribution in [3.05, 3.63) is 86.1 Å². The van der Waals surface area contributed by atoms with Gasteiger partial charge < -0.3 is 10.2 Å². The number of carbonyl (C=O) groups excluding carboxylic acids is 1. The number of hydrogen-bond acceptors (Lipinski definition) is 6. The molecule has 0 spiro atoms. The molecule has 0 unspecified atom stereocenters. The van der Waals surface area contributed by atoms with Gasteiger partial charge in [-0.15, -0.1) is 0 Å². The highest BCUT2D eigenvalue weighted by Crippen LogP contribution is 2.60. The molecule has 9 heteroatoms. The van der Waals surface area contributed by atoms with Crippen LogP contribution in [0.4, 0.5) is 0 Å². The lowest BCUT2D eigenvalue weighted by molar-refractivity contribution is -0.00518. The van der Waals surface area contributed by atoms with Crippen LogP contribution in [0.2, 0.25) is 0 Å². The molecular weight excluding hydrogens is 472 g/mol. The lowest BCUT2D eigenvalue weighted by Gasteiger charge is -2.57. The summed E-state index contributed by atoms with van der Waals surface area (Å²) in [7, 11) is 0. The van der Waals surface area contributed by atoms with E-state index in [-0.39, 0.29) is 22.3 Å². The molecule has 0 aliphatic heterocycles. The Morgan fingerprint density at radius 1 is 0.973 bits per heavy atom. The van der Waals surface area contributed by atoms with E-state index in [1.807, 2.05) is 12.1 Å². The Labute approximate surface area is 212 Å². The molecule has 9 nitrogen and oxygen atoms in total. The third-order valence-electron chi connectivity index (χ3n) is 8.41. The van der Waals surface area contributed by atoms with Crippen molar-refractivity contribution in [3.63, 3.8) is 0 Å². The number of rotatable bonds is 5. The molecule has 190 valence electrons. The predicted molar refractivity (Wildman–Crippen MR) is 137 cm³/mol. The number of hydrazone groups is 1. The summed E-state index contributed by atoms with van der Waals surface area (Å²) < 4.78 is 1.01. The number of aromatic nitrogens is 2. The summed E-state index contributed by atoms with van der Waals surface area (Å²) in [5.41, 5.74) is 2.20. The van der Waals surface area contributed by atoms with Gasteiger partial charge in [0.05, 0.1) is 17.5 Å². The molecule has 0 radical (unpaired) electrons. The van der Waals surface area contributed by atoms with Crippen molar-refractivity contribution in [3.8, 4) is 17.3 Å². The average Bonchev–Trinajstić information content (AvgIpc) is 2.85. The fraction of sp³-hybridized carbons (Fsp3) is 0.357. The molecule has 4 saturated carbocycles. The van der Waals surface area contributed by atoms with E-state index < -0.39 is 23.0 Å². The second-order valence-corrected chi connectivity index (χ2v) is 10.8. The lowest BCUT2D eigenvalue weighted by atomic mass is 9.48. The monoisotopic (exact) mass is 500 g/mol. The van der Waals surface area contributed by atoms with E-state index in [0.29, 0.717) is 5.69 Å². The summed E-state index contributed by atoms with van der Waals surface area (Å²) in [6.45, 7) is 0. The number of H-pyrrole nitrogens is 1. The second-order valence-electron chi connectivity index (χ2n) is 10.8. The number of para-hydroxylation sites is 1. The minimum Gasteiger partial charge on any atom is -0.507 e. The van der Waals surface area contributed by atoms with E-state index in [1.165, 1.54) is 56.2 Å². The normalized spacial score (nSPS) is 26.0. The number of phenolic OH excluding ortho intramolecular Hbond substituents is 1. The zero-order valence-electron chi connectivity index (χ0n) is 20.2. The first-order valence-corrected chi connectivity index (χ1v) is 12.6. The van der Waals surface area contributed by atoms with Crippen LogP contribution in [0.3, 0.4) is 0 Å². The van der Waals surface area contributed by atoms with Crippen molar-refractivity contribution >= 4 is 12.1 Å². The molecule has 4 bridgehead atoms. The highest BCUT2D eigenvalue weighted by Gasteiger charge is 2.51. The lowest BCUT2D eigenvalue weighted by Crippen LogP contribution is -2.48. The van der Waals surface area contributed by atoms with Crippen molar-refractivity contribution in [2.75, 3.05) is 0 Å². The Kier molecular flexibility index (Phi) is 5.51. The molecule has 1 amide bonds. The van der Waals surface area contributed by atoms with Crippen LogP contribution in [0, 0.1) is 17.8 Å². The first-order chi connectivity index (χ1) is 17.8. The largest absolute Gasteiger partial charge is 0.507 e. The van der Waals surface area contributed by atoms with E-state index in [4.69, 9.17) is 0 Å². The Morgan fingerprint density at radius 2 is 1.59 bits per heavy atom. The Morgan fingerprint density at radius 3 is 2.22 bits per heavy atom. The molecule has 4 aliphatic carbocycles. The fourth-order valence-electron chi connectivity index (χ4n) is 7.20. The Bertz CT molecular complexity index is 1480. The van der Waals surface area contributed by atoms with Gasteiger partial charge >= 0.3 is 5.69 Å². The zero-order valence-corrected chi connectivity index (χ0v) is 20.2. The molecule has 4 aliphatic rings. The molecule has 0 atom stereocenters. The number of carbonyl (C=O) groups is 1. The third kappa shape index (κ3) is 4.04. The molecule has 37 heavy (non-hydrogen) atoms. The quantitative estimate of drug-likeness (QED) is 0.315. The first kappa shape index (κ1) is 23.3. The molecule has 7 rings (SSSR count). The number of aromatic amines is 1. The summed E-state index contributed by atoms with van der Waals surface area (Å²) in [6, 6.07) is 13.6. The maximum absolute atomic E-state index is 12.6. The average molecular weight is 501 g/mol. The van der Waals surface area contributed by atoms with Gasteiger partial charge in [0.2, 0.25) is 5.88 Å². The van der Waals surface area contributed by atoms with E-state index in [1.54, 1.807) is 24.3 Å². The number of benzene rings is 2. The van der Waals surface area contributed by atoms with Gasteiger partial charge in [-0.05, 0) is 91.5 Å². The Balaban J connectivity index is 1.27. The number of nitrogens with zero attached hydrogens (tertiary/aromatic N) is 2. The first-order valence-electron chi connectivity index (χ1n) is 12.6. The highest BCUT2D eigenvalue weighted by molar-refractivity contribution is 5.97. The maximum atomic E-state index is 12.6. The molecule has 4 N–H and O–H groups in total. The molecular formula is C28H28N4O5. The summed E-state index contributed by atoms with van der Waals surface area (Å²) in [5.74, 6) is 0.928. The van der Waals surface area contributed by atoms with Crippen molar-refractivity contribution < 1.29 is 15.0 Å². The van der Waals surface area contributed by atoms with E-state index in [9.17, 15) is 24.6 Å². The molecule has 3 aromatic rings. The van der Waals surface area contributed by atoms with E-state index in [0.717, 1.165) is 28.5 Å².